The van der Waals surface area contributed by atoms with Crippen LogP contribution < -0.4 is 0 Å². The molecular formula is C15H27NO3. The molecule has 0 radical (unpaired) electrons. The van der Waals surface area contributed by atoms with Gasteiger partial charge in [-0.05, 0) is 44.9 Å². The van der Waals surface area contributed by atoms with Gasteiger partial charge in [0.05, 0.1) is 12.2 Å². The highest BCUT2D eigenvalue weighted by atomic mass is 16.5. The third-order valence-electron chi connectivity index (χ3n) is 3.26. The maximum atomic E-state index is 8.37. The van der Waals surface area contributed by atoms with Gasteiger partial charge in [0, 0.05) is 39.5 Å². The van der Waals surface area contributed by atoms with Gasteiger partial charge < -0.3 is 14.2 Å². The van der Waals surface area contributed by atoms with Gasteiger partial charge in [-0.1, -0.05) is 0 Å². The van der Waals surface area contributed by atoms with Crippen LogP contribution in [0.2, 0.25) is 0 Å². The van der Waals surface area contributed by atoms with Gasteiger partial charge >= 0.3 is 0 Å². The van der Waals surface area contributed by atoms with Crippen LogP contribution in [-0.2, 0) is 14.2 Å². The van der Waals surface area contributed by atoms with Crippen molar-refractivity contribution < 1.29 is 14.2 Å². The van der Waals surface area contributed by atoms with Gasteiger partial charge in [0.2, 0.25) is 0 Å². The molecule has 19 heavy (non-hydrogen) atoms. The standard InChI is InChI=1S/C15H27NO3/c16-9-3-1-4-10-17-11-6-12-18-14-8-15-7-2-5-13-19-15/h15H,1-8,10-14H2. The SMILES string of the molecule is N#CCCCCOCCCOCCC1CCCCO1. The average Bonchev–Trinajstić information content (AvgIpc) is 2.46. The molecule has 0 amide bonds. The smallest absolute Gasteiger partial charge is 0.0621 e. The lowest BCUT2D eigenvalue weighted by atomic mass is 10.1. The minimum atomic E-state index is 0.421. The first-order chi connectivity index (χ1) is 9.43. The van der Waals surface area contributed by atoms with Crippen molar-refractivity contribution in [2.45, 2.75) is 57.5 Å². The molecule has 1 aliphatic rings. The van der Waals surface area contributed by atoms with Crippen molar-refractivity contribution in [3.63, 3.8) is 0 Å². The second-order valence-electron chi connectivity index (χ2n) is 4.97. The number of unbranched alkanes of at least 4 members (excludes halogenated alkanes) is 2. The summed E-state index contributed by atoms with van der Waals surface area (Å²) in [4.78, 5) is 0. The van der Waals surface area contributed by atoms with Crippen LogP contribution in [0.5, 0.6) is 0 Å². The summed E-state index contributed by atoms with van der Waals surface area (Å²) in [7, 11) is 0. The van der Waals surface area contributed by atoms with E-state index in [0.29, 0.717) is 12.5 Å². The lowest BCUT2D eigenvalue weighted by Crippen LogP contribution is -2.20. The summed E-state index contributed by atoms with van der Waals surface area (Å²) in [5.41, 5.74) is 0. The fourth-order valence-corrected chi connectivity index (χ4v) is 2.13. The summed E-state index contributed by atoms with van der Waals surface area (Å²) < 4.78 is 16.7. The Kier molecular flexibility index (Phi) is 10.7. The van der Waals surface area contributed by atoms with Gasteiger partial charge in [-0.2, -0.15) is 5.26 Å². The van der Waals surface area contributed by atoms with Crippen LogP contribution in [0.25, 0.3) is 0 Å². The second-order valence-corrected chi connectivity index (χ2v) is 4.97. The first-order valence-corrected chi connectivity index (χ1v) is 7.57. The number of nitriles is 1. The van der Waals surface area contributed by atoms with E-state index in [1.807, 2.05) is 0 Å². The predicted octanol–water partition coefficient (Wildman–Crippen LogP) is 3.06. The van der Waals surface area contributed by atoms with Crippen molar-refractivity contribution in [2.24, 2.45) is 0 Å². The predicted molar refractivity (Wildman–Crippen MR) is 73.9 cm³/mol. The minimum absolute atomic E-state index is 0.421. The first kappa shape index (κ1) is 16.4. The lowest BCUT2D eigenvalue weighted by Gasteiger charge is -2.22. The Balaban J connectivity index is 1.72. The van der Waals surface area contributed by atoms with E-state index in [2.05, 4.69) is 6.07 Å². The zero-order valence-corrected chi connectivity index (χ0v) is 11.9. The van der Waals surface area contributed by atoms with Crippen molar-refractivity contribution >= 4 is 0 Å². The Hall–Kier alpha value is -0.630. The molecule has 0 aliphatic carbocycles. The maximum Gasteiger partial charge on any atom is 0.0621 e. The van der Waals surface area contributed by atoms with Crippen LogP contribution >= 0.6 is 0 Å². The molecule has 0 aromatic heterocycles. The van der Waals surface area contributed by atoms with Gasteiger partial charge in [0.1, 0.15) is 0 Å². The molecule has 0 bridgehead atoms. The number of nitrogens with zero attached hydrogens (tertiary/aromatic N) is 1. The molecule has 1 fully saturated rings. The molecule has 0 spiro atoms. The Morgan fingerprint density at radius 1 is 1.00 bits per heavy atom. The Morgan fingerprint density at radius 3 is 2.53 bits per heavy atom. The van der Waals surface area contributed by atoms with Gasteiger partial charge in [-0.3, -0.25) is 0 Å². The quantitative estimate of drug-likeness (QED) is 0.541. The van der Waals surface area contributed by atoms with Crippen molar-refractivity contribution in [3.8, 4) is 6.07 Å². The van der Waals surface area contributed by atoms with Crippen LogP contribution in [0, 0.1) is 11.3 Å². The molecule has 0 saturated carbocycles. The molecule has 1 aliphatic heterocycles. The zero-order valence-electron chi connectivity index (χ0n) is 11.9. The third-order valence-corrected chi connectivity index (χ3v) is 3.26. The first-order valence-electron chi connectivity index (χ1n) is 7.57. The van der Waals surface area contributed by atoms with Gasteiger partial charge in [-0.25, -0.2) is 0 Å². The van der Waals surface area contributed by atoms with E-state index in [4.69, 9.17) is 19.5 Å². The molecule has 1 saturated heterocycles. The van der Waals surface area contributed by atoms with Crippen molar-refractivity contribution in [1.29, 1.82) is 5.26 Å². The van der Waals surface area contributed by atoms with Gasteiger partial charge in [-0.15, -0.1) is 0 Å². The zero-order chi connectivity index (χ0) is 13.6. The second kappa shape index (κ2) is 12.4. The van der Waals surface area contributed by atoms with Crippen LogP contribution in [0.3, 0.4) is 0 Å². The van der Waals surface area contributed by atoms with E-state index in [0.717, 1.165) is 58.7 Å². The minimum Gasteiger partial charge on any atom is -0.381 e. The molecule has 0 N–H and O–H groups in total. The van der Waals surface area contributed by atoms with Crippen molar-refractivity contribution in [1.82, 2.24) is 0 Å². The lowest BCUT2D eigenvalue weighted by molar-refractivity contribution is -0.00954. The van der Waals surface area contributed by atoms with Gasteiger partial charge in [0.15, 0.2) is 0 Å². The van der Waals surface area contributed by atoms with Crippen LogP contribution in [0.15, 0.2) is 0 Å². The fourth-order valence-electron chi connectivity index (χ4n) is 2.13. The van der Waals surface area contributed by atoms with Crippen LogP contribution in [-0.4, -0.2) is 39.1 Å². The summed E-state index contributed by atoms with van der Waals surface area (Å²) in [6, 6.07) is 2.13. The molecule has 1 rings (SSSR count). The summed E-state index contributed by atoms with van der Waals surface area (Å²) in [6.07, 6.45) is 8.64. The molecular weight excluding hydrogens is 242 g/mol. The number of hydrogen-bond donors (Lipinski definition) is 0. The largest absolute Gasteiger partial charge is 0.381 e. The summed E-state index contributed by atoms with van der Waals surface area (Å²) >= 11 is 0. The Morgan fingerprint density at radius 2 is 1.79 bits per heavy atom. The highest BCUT2D eigenvalue weighted by Crippen LogP contribution is 2.15. The maximum absolute atomic E-state index is 8.37. The average molecular weight is 269 g/mol. The fraction of sp³-hybridized carbons (Fsp3) is 0.933. The van der Waals surface area contributed by atoms with Gasteiger partial charge in [0.25, 0.3) is 0 Å². The van der Waals surface area contributed by atoms with E-state index in [1.54, 1.807) is 0 Å². The number of ether oxygens (including phenoxy) is 3. The Labute approximate surface area is 117 Å². The molecule has 1 unspecified atom stereocenters. The molecule has 1 atom stereocenters. The summed E-state index contributed by atoms with van der Waals surface area (Å²) in [6.45, 7) is 4.01. The van der Waals surface area contributed by atoms with E-state index in [9.17, 15) is 0 Å². The van der Waals surface area contributed by atoms with E-state index >= 15 is 0 Å². The van der Waals surface area contributed by atoms with E-state index in [1.165, 1.54) is 19.3 Å². The number of rotatable bonds is 11. The third kappa shape index (κ3) is 9.89. The topological polar surface area (TPSA) is 51.5 Å². The van der Waals surface area contributed by atoms with E-state index < -0.39 is 0 Å². The normalized spacial score (nSPS) is 19.2. The molecule has 1 heterocycles. The molecule has 0 aromatic carbocycles. The molecule has 110 valence electrons. The molecule has 4 heteroatoms. The van der Waals surface area contributed by atoms with Crippen molar-refractivity contribution in [2.75, 3.05) is 33.0 Å². The summed E-state index contributed by atoms with van der Waals surface area (Å²) in [5, 5.41) is 8.37. The molecule has 0 aromatic rings. The van der Waals surface area contributed by atoms with Crippen LogP contribution in [0.4, 0.5) is 0 Å². The van der Waals surface area contributed by atoms with Crippen LogP contribution in [0.1, 0.15) is 51.4 Å². The summed E-state index contributed by atoms with van der Waals surface area (Å²) in [5.74, 6) is 0. The monoisotopic (exact) mass is 269 g/mol. The Bertz CT molecular complexity index is 234. The number of hydrogen-bond acceptors (Lipinski definition) is 4. The highest BCUT2D eigenvalue weighted by Gasteiger charge is 2.12. The van der Waals surface area contributed by atoms with E-state index in [-0.39, 0.29) is 0 Å². The molecule has 4 nitrogen and oxygen atoms in total. The van der Waals surface area contributed by atoms with Crippen molar-refractivity contribution in [3.05, 3.63) is 0 Å². The highest BCUT2D eigenvalue weighted by molar-refractivity contribution is 4.67.